The minimum Gasteiger partial charge on any atom is -0.134 e. The molecule has 0 bridgehead atoms. The molecule has 3 unspecified atom stereocenters. The molecule has 0 aliphatic rings. The van der Waals surface area contributed by atoms with Gasteiger partial charge in [-0.15, -0.1) is 9.24 Å². The average molecular weight is 146 g/mol. The van der Waals surface area contributed by atoms with Gasteiger partial charge < -0.3 is 0 Å². The van der Waals surface area contributed by atoms with E-state index < -0.39 is 0 Å². The summed E-state index contributed by atoms with van der Waals surface area (Å²) in [6.07, 6.45) is 3.99. The Morgan fingerprint density at radius 3 is 2.22 bits per heavy atom. The lowest BCUT2D eigenvalue weighted by atomic mass is 10.0. The molecule has 1 heteroatoms. The molecular weight excluding hydrogens is 127 g/mol. The molecule has 0 rings (SSSR count). The Kier molecular flexibility index (Phi) is 5.48. The molecule has 0 nitrogen and oxygen atoms in total. The molecule has 0 fully saturated rings. The van der Waals surface area contributed by atoms with Crippen molar-refractivity contribution < 1.29 is 0 Å². The summed E-state index contributed by atoms with van der Waals surface area (Å²) < 4.78 is 0. The summed E-state index contributed by atoms with van der Waals surface area (Å²) in [4.78, 5) is 0. The molecule has 56 valence electrons. The monoisotopic (exact) mass is 146 g/mol. The Labute approximate surface area is 61.6 Å². The van der Waals surface area contributed by atoms with Crippen LogP contribution in [0.4, 0.5) is 0 Å². The Morgan fingerprint density at radius 2 is 1.89 bits per heavy atom. The van der Waals surface area contributed by atoms with Crippen molar-refractivity contribution in [2.45, 2.75) is 45.7 Å². The summed E-state index contributed by atoms with van der Waals surface area (Å²) in [6.45, 7) is 6.84. The number of hydrogen-bond acceptors (Lipinski definition) is 0. The van der Waals surface area contributed by atoms with Crippen LogP contribution in [-0.2, 0) is 0 Å². The van der Waals surface area contributed by atoms with E-state index in [1.165, 1.54) is 19.3 Å². The zero-order valence-corrected chi connectivity index (χ0v) is 8.01. The Bertz CT molecular complexity index is 61.6. The fourth-order valence-electron chi connectivity index (χ4n) is 0.921. The van der Waals surface area contributed by atoms with Crippen LogP contribution in [0.5, 0.6) is 0 Å². The molecule has 3 atom stereocenters. The van der Waals surface area contributed by atoms with Gasteiger partial charge in [0.1, 0.15) is 0 Å². The normalized spacial score (nSPS) is 17.3. The maximum Gasteiger partial charge on any atom is -0.0239 e. The van der Waals surface area contributed by atoms with Crippen molar-refractivity contribution in [3.8, 4) is 0 Å². The average Bonchev–Trinajstić information content (AvgIpc) is 1.87. The molecule has 0 radical (unpaired) electrons. The molecule has 0 heterocycles. The second kappa shape index (κ2) is 5.23. The number of rotatable bonds is 4. The summed E-state index contributed by atoms with van der Waals surface area (Å²) >= 11 is 0. The molecule has 0 spiro atoms. The van der Waals surface area contributed by atoms with Crippen LogP contribution >= 0.6 is 9.24 Å². The van der Waals surface area contributed by atoms with Gasteiger partial charge >= 0.3 is 0 Å². The van der Waals surface area contributed by atoms with Crippen LogP contribution in [0.3, 0.4) is 0 Å². The number of hydrogen-bond donors (Lipinski definition) is 0. The first-order valence-corrected chi connectivity index (χ1v) is 4.64. The van der Waals surface area contributed by atoms with E-state index in [-0.39, 0.29) is 0 Å². The standard InChI is InChI=1S/C8H19P/c1-4-6-8(9)7(3)5-2/h7-8H,4-6,9H2,1-3H3. The predicted molar refractivity (Wildman–Crippen MR) is 47.9 cm³/mol. The van der Waals surface area contributed by atoms with E-state index in [2.05, 4.69) is 30.0 Å². The molecule has 0 aromatic rings. The summed E-state index contributed by atoms with van der Waals surface area (Å²) in [6, 6.07) is 0. The zero-order chi connectivity index (χ0) is 7.28. The molecule has 0 amide bonds. The molecule has 0 aromatic carbocycles. The lowest BCUT2D eigenvalue weighted by molar-refractivity contribution is 0.506. The van der Waals surface area contributed by atoms with Gasteiger partial charge in [-0.3, -0.25) is 0 Å². The van der Waals surface area contributed by atoms with Crippen LogP contribution in [-0.4, -0.2) is 5.66 Å². The van der Waals surface area contributed by atoms with E-state index in [1.807, 2.05) is 0 Å². The van der Waals surface area contributed by atoms with E-state index in [0.29, 0.717) is 0 Å². The molecule has 0 saturated heterocycles. The maximum atomic E-state index is 2.94. The van der Waals surface area contributed by atoms with Gasteiger partial charge in [-0.25, -0.2) is 0 Å². The Balaban J connectivity index is 3.32. The van der Waals surface area contributed by atoms with Crippen LogP contribution in [0.2, 0.25) is 0 Å². The summed E-state index contributed by atoms with van der Waals surface area (Å²) in [5.74, 6) is 0.884. The van der Waals surface area contributed by atoms with Crippen LogP contribution in [0.25, 0.3) is 0 Å². The third kappa shape index (κ3) is 3.92. The fourth-order valence-corrected chi connectivity index (χ4v) is 1.53. The Hall–Kier alpha value is 0.430. The fraction of sp³-hybridized carbons (Fsp3) is 1.00. The van der Waals surface area contributed by atoms with E-state index in [1.54, 1.807) is 0 Å². The summed E-state index contributed by atoms with van der Waals surface area (Å²) in [5.41, 5.74) is 0.847. The van der Waals surface area contributed by atoms with Crippen molar-refractivity contribution in [1.29, 1.82) is 0 Å². The van der Waals surface area contributed by atoms with Crippen molar-refractivity contribution in [2.24, 2.45) is 5.92 Å². The van der Waals surface area contributed by atoms with Gasteiger partial charge in [0.05, 0.1) is 0 Å². The zero-order valence-electron chi connectivity index (χ0n) is 6.85. The molecule has 0 aromatic heterocycles. The topological polar surface area (TPSA) is 0 Å². The van der Waals surface area contributed by atoms with E-state index >= 15 is 0 Å². The smallest absolute Gasteiger partial charge is 0.0239 e. The van der Waals surface area contributed by atoms with Crippen molar-refractivity contribution in [3.05, 3.63) is 0 Å². The molecule has 0 N–H and O–H groups in total. The highest BCUT2D eigenvalue weighted by molar-refractivity contribution is 7.17. The highest BCUT2D eigenvalue weighted by Gasteiger charge is 2.07. The first kappa shape index (κ1) is 9.43. The van der Waals surface area contributed by atoms with Gasteiger partial charge in [0.2, 0.25) is 0 Å². The van der Waals surface area contributed by atoms with E-state index in [9.17, 15) is 0 Å². The van der Waals surface area contributed by atoms with E-state index in [0.717, 1.165) is 11.6 Å². The largest absolute Gasteiger partial charge is 0.134 e. The third-order valence-electron chi connectivity index (χ3n) is 2.00. The highest BCUT2D eigenvalue weighted by atomic mass is 31.0. The molecular formula is C8H19P. The maximum absolute atomic E-state index is 2.94. The van der Waals surface area contributed by atoms with Gasteiger partial charge in [0.25, 0.3) is 0 Å². The third-order valence-corrected chi connectivity index (χ3v) is 2.99. The van der Waals surface area contributed by atoms with Crippen molar-refractivity contribution in [1.82, 2.24) is 0 Å². The molecule has 0 aliphatic carbocycles. The molecule has 0 aliphatic heterocycles. The minimum atomic E-state index is 0.847. The van der Waals surface area contributed by atoms with Crippen molar-refractivity contribution >= 4 is 9.24 Å². The second-order valence-corrected chi connectivity index (χ2v) is 3.69. The van der Waals surface area contributed by atoms with Gasteiger partial charge in [-0.2, -0.15) is 0 Å². The van der Waals surface area contributed by atoms with Crippen molar-refractivity contribution in [3.63, 3.8) is 0 Å². The van der Waals surface area contributed by atoms with Gasteiger partial charge in [0.15, 0.2) is 0 Å². The van der Waals surface area contributed by atoms with Crippen LogP contribution in [0.1, 0.15) is 40.0 Å². The second-order valence-electron chi connectivity index (χ2n) is 2.84. The first-order chi connectivity index (χ1) is 4.22. The lowest BCUT2D eigenvalue weighted by Crippen LogP contribution is -2.08. The van der Waals surface area contributed by atoms with Gasteiger partial charge in [-0.1, -0.05) is 33.6 Å². The molecule has 0 saturated carbocycles. The van der Waals surface area contributed by atoms with E-state index in [4.69, 9.17) is 0 Å². The summed E-state index contributed by atoms with van der Waals surface area (Å²) in [7, 11) is 2.94. The van der Waals surface area contributed by atoms with Crippen LogP contribution in [0, 0.1) is 5.92 Å². The lowest BCUT2D eigenvalue weighted by Gasteiger charge is -2.16. The van der Waals surface area contributed by atoms with Crippen molar-refractivity contribution in [2.75, 3.05) is 0 Å². The van der Waals surface area contributed by atoms with Crippen LogP contribution < -0.4 is 0 Å². The quantitative estimate of drug-likeness (QED) is 0.535. The van der Waals surface area contributed by atoms with Gasteiger partial charge in [0, 0.05) is 0 Å². The first-order valence-electron chi connectivity index (χ1n) is 3.97. The highest BCUT2D eigenvalue weighted by Crippen LogP contribution is 2.20. The predicted octanol–water partition coefficient (Wildman–Crippen LogP) is 3.08. The Morgan fingerprint density at radius 1 is 1.33 bits per heavy atom. The van der Waals surface area contributed by atoms with Gasteiger partial charge in [-0.05, 0) is 18.0 Å². The summed E-state index contributed by atoms with van der Waals surface area (Å²) in [5, 5.41) is 0. The SMILES string of the molecule is CCCC(P)C(C)CC. The van der Waals surface area contributed by atoms with Crippen LogP contribution in [0.15, 0.2) is 0 Å². The minimum absolute atomic E-state index is 0.847. The molecule has 9 heavy (non-hydrogen) atoms.